The Labute approximate surface area is 174 Å². The number of hydrogen-bond donors (Lipinski definition) is 3. The molecule has 30 heavy (non-hydrogen) atoms. The van der Waals surface area contributed by atoms with Crippen LogP contribution in [0.25, 0.3) is 0 Å². The van der Waals surface area contributed by atoms with Crippen molar-refractivity contribution in [1.29, 1.82) is 0 Å². The molecule has 0 bridgehead atoms. The summed E-state index contributed by atoms with van der Waals surface area (Å²) in [7, 11) is 0. The zero-order valence-electron chi connectivity index (χ0n) is 17.1. The number of esters is 1. The predicted molar refractivity (Wildman–Crippen MR) is 109 cm³/mol. The summed E-state index contributed by atoms with van der Waals surface area (Å²) in [6.07, 6.45) is 0.293. The largest absolute Gasteiger partial charge is 0.459 e. The first-order chi connectivity index (χ1) is 14.3. The average molecular weight is 415 g/mol. The van der Waals surface area contributed by atoms with E-state index in [0.29, 0.717) is 11.6 Å². The highest BCUT2D eigenvalue weighted by Crippen LogP contribution is 2.17. The third-order valence-electron chi connectivity index (χ3n) is 4.11. The lowest BCUT2D eigenvalue weighted by molar-refractivity contribution is -0.152. The molecule has 3 amide bonds. The van der Waals surface area contributed by atoms with Gasteiger partial charge in [-0.3, -0.25) is 19.2 Å². The van der Waals surface area contributed by atoms with Crippen molar-refractivity contribution in [2.75, 3.05) is 18.4 Å². The van der Waals surface area contributed by atoms with Gasteiger partial charge in [0.1, 0.15) is 6.54 Å². The Balaban J connectivity index is 1.69. The van der Waals surface area contributed by atoms with Gasteiger partial charge in [-0.2, -0.15) is 0 Å². The van der Waals surface area contributed by atoms with E-state index in [1.165, 1.54) is 19.3 Å². The summed E-state index contributed by atoms with van der Waals surface area (Å²) in [6, 6.07) is 10.4. The van der Waals surface area contributed by atoms with Crippen LogP contribution in [-0.4, -0.2) is 42.9 Å². The number of furan rings is 1. The molecule has 0 fully saturated rings. The van der Waals surface area contributed by atoms with Crippen LogP contribution >= 0.6 is 0 Å². The van der Waals surface area contributed by atoms with Crippen LogP contribution in [0.5, 0.6) is 0 Å². The summed E-state index contributed by atoms with van der Waals surface area (Å²) in [5, 5.41) is 7.31. The fourth-order valence-corrected chi connectivity index (χ4v) is 2.38. The molecule has 0 saturated carbocycles. The van der Waals surface area contributed by atoms with E-state index in [1.807, 2.05) is 12.1 Å². The summed E-state index contributed by atoms with van der Waals surface area (Å²) in [5.41, 5.74) is 1.73. The van der Waals surface area contributed by atoms with Crippen LogP contribution < -0.4 is 16.0 Å². The van der Waals surface area contributed by atoms with E-state index < -0.39 is 36.3 Å². The molecule has 1 aromatic carbocycles. The summed E-state index contributed by atoms with van der Waals surface area (Å²) in [6.45, 7) is 4.80. The summed E-state index contributed by atoms with van der Waals surface area (Å²) in [4.78, 5) is 47.4. The molecular weight excluding hydrogens is 390 g/mol. The minimum atomic E-state index is -1.04. The van der Waals surface area contributed by atoms with Gasteiger partial charge in [-0.1, -0.05) is 26.0 Å². The molecule has 1 heterocycles. The third-order valence-corrected chi connectivity index (χ3v) is 4.11. The molecule has 2 aromatic rings. The molecule has 0 radical (unpaired) electrons. The van der Waals surface area contributed by atoms with E-state index in [4.69, 9.17) is 9.15 Å². The number of rotatable bonds is 9. The van der Waals surface area contributed by atoms with Gasteiger partial charge in [0.25, 0.3) is 11.8 Å². The minimum Gasteiger partial charge on any atom is -0.459 e. The number of hydrogen-bond acceptors (Lipinski definition) is 6. The van der Waals surface area contributed by atoms with Crippen molar-refractivity contribution in [3.05, 3.63) is 54.0 Å². The van der Waals surface area contributed by atoms with E-state index in [9.17, 15) is 19.2 Å². The molecule has 0 aliphatic rings. The fraction of sp³-hybridized carbons (Fsp3) is 0.333. The van der Waals surface area contributed by atoms with Crippen LogP contribution in [0.15, 0.2) is 47.1 Å². The highest BCUT2D eigenvalue weighted by atomic mass is 16.5. The second-order valence-corrected chi connectivity index (χ2v) is 6.83. The second-order valence-electron chi connectivity index (χ2n) is 6.83. The quantitative estimate of drug-likeness (QED) is 0.536. The lowest BCUT2D eigenvalue weighted by Crippen LogP contribution is -2.40. The van der Waals surface area contributed by atoms with E-state index in [0.717, 1.165) is 5.56 Å². The molecule has 0 saturated heterocycles. The minimum absolute atomic E-state index is 0.0703. The smallest absolute Gasteiger partial charge is 0.326 e. The van der Waals surface area contributed by atoms with Gasteiger partial charge in [0.15, 0.2) is 11.9 Å². The fourth-order valence-electron chi connectivity index (χ4n) is 2.38. The Morgan fingerprint density at radius 3 is 2.27 bits per heavy atom. The van der Waals surface area contributed by atoms with Crippen molar-refractivity contribution in [3.63, 3.8) is 0 Å². The van der Waals surface area contributed by atoms with Gasteiger partial charge in [0.05, 0.1) is 12.8 Å². The van der Waals surface area contributed by atoms with Gasteiger partial charge in [0.2, 0.25) is 5.91 Å². The Bertz CT molecular complexity index is 875. The average Bonchev–Trinajstić information content (AvgIpc) is 3.25. The third kappa shape index (κ3) is 7.08. The van der Waals surface area contributed by atoms with E-state index in [1.54, 1.807) is 18.2 Å². The topological polar surface area (TPSA) is 127 Å². The maximum Gasteiger partial charge on any atom is 0.326 e. The molecule has 3 N–H and O–H groups in total. The Morgan fingerprint density at radius 2 is 1.67 bits per heavy atom. The van der Waals surface area contributed by atoms with Crippen LogP contribution in [0, 0.1) is 0 Å². The van der Waals surface area contributed by atoms with Gasteiger partial charge >= 0.3 is 5.97 Å². The van der Waals surface area contributed by atoms with E-state index in [2.05, 4.69) is 29.8 Å². The van der Waals surface area contributed by atoms with Crippen molar-refractivity contribution in [2.24, 2.45) is 0 Å². The van der Waals surface area contributed by atoms with Crippen LogP contribution in [-0.2, 0) is 19.1 Å². The molecule has 160 valence electrons. The van der Waals surface area contributed by atoms with Crippen LogP contribution in [0.2, 0.25) is 0 Å². The number of ether oxygens (including phenoxy) is 1. The van der Waals surface area contributed by atoms with Crippen molar-refractivity contribution in [3.8, 4) is 0 Å². The molecule has 0 unspecified atom stereocenters. The molecule has 1 atom stereocenters. The number of anilines is 1. The van der Waals surface area contributed by atoms with Crippen LogP contribution in [0.3, 0.4) is 0 Å². The Kier molecular flexibility index (Phi) is 8.16. The SMILES string of the molecule is CC(C)c1ccc(NC(=O)[C@H](C)OC(=O)CNC(=O)CNC(=O)c2ccco2)cc1. The molecule has 9 nitrogen and oxygen atoms in total. The normalized spacial score (nSPS) is 11.5. The van der Waals surface area contributed by atoms with Gasteiger partial charge in [-0.15, -0.1) is 0 Å². The van der Waals surface area contributed by atoms with Crippen molar-refractivity contribution < 1.29 is 28.3 Å². The summed E-state index contributed by atoms with van der Waals surface area (Å²) >= 11 is 0. The van der Waals surface area contributed by atoms with E-state index in [-0.39, 0.29) is 12.3 Å². The second kappa shape index (κ2) is 10.8. The Morgan fingerprint density at radius 1 is 0.967 bits per heavy atom. The molecular formula is C21H25N3O6. The van der Waals surface area contributed by atoms with Gasteiger partial charge < -0.3 is 25.1 Å². The van der Waals surface area contributed by atoms with Crippen molar-refractivity contribution in [1.82, 2.24) is 10.6 Å². The lowest BCUT2D eigenvalue weighted by Gasteiger charge is -2.14. The zero-order chi connectivity index (χ0) is 22.1. The maximum absolute atomic E-state index is 12.2. The number of carbonyl (C=O) groups is 4. The number of amides is 3. The number of carbonyl (C=O) groups excluding carboxylic acids is 4. The summed E-state index contributed by atoms with van der Waals surface area (Å²) in [5.74, 6) is -1.96. The first kappa shape index (κ1) is 22.7. The number of nitrogens with one attached hydrogen (secondary N) is 3. The highest BCUT2D eigenvalue weighted by Gasteiger charge is 2.19. The molecule has 9 heteroatoms. The summed E-state index contributed by atoms with van der Waals surface area (Å²) < 4.78 is 9.91. The van der Waals surface area contributed by atoms with Crippen molar-refractivity contribution >= 4 is 29.4 Å². The molecule has 0 spiro atoms. The molecule has 1 aromatic heterocycles. The highest BCUT2D eigenvalue weighted by molar-refractivity contribution is 5.96. The lowest BCUT2D eigenvalue weighted by atomic mass is 10.0. The molecule has 0 aliphatic carbocycles. The Hall–Kier alpha value is -3.62. The molecule has 2 rings (SSSR count). The van der Waals surface area contributed by atoms with Gasteiger partial charge in [0, 0.05) is 5.69 Å². The van der Waals surface area contributed by atoms with Gasteiger partial charge in [-0.05, 0) is 42.7 Å². The zero-order valence-corrected chi connectivity index (χ0v) is 17.1. The van der Waals surface area contributed by atoms with Crippen molar-refractivity contribution in [2.45, 2.75) is 32.8 Å². The maximum atomic E-state index is 12.2. The first-order valence-electron chi connectivity index (χ1n) is 9.45. The van der Waals surface area contributed by atoms with Gasteiger partial charge in [-0.25, -0.2) is 0 Å². The molecule has 0 aliphatic heterocycles. The van der Waals surface area contributed by atoms with Crippen LogP contribution in [0.4, 0.5) is 5.69 Å². The first-order valence-corrected chi connectivity index (χ1v) is 9.45. The van der Waals surface area contributed by atoms with Crippen LogP contribution in [0.1, 0.15) is 42.8 Å². The van der Waals surface area contributed by atoms with E-state index >= 15 is 0 Å². The monoisotopic (exact) mass is 415 g/mol. The number of benzene rings is 1. The standard InChI is InChI=1S/C21H25N3O6/c1-13(2)15-6-8-16(9-7-15)24-20(27)14(3)30-19(26)12-22-18(25)11-23-21(28)17-5-4-10-29-17/h4-10,13-14H,11-12H2,1-3H3,(H,22,25)(H,23,28)(H,24,27)/t14-/m0/s1. The predicted octanol–water partition coefficient (Wildman–Crippen LogP) is 1.82.